The number of carbonyl (C=O) groups is 1. The van der Waals surface area contributed by atoms with Crippen molar-refractivity contribution < 1.29 is 4.79 Å². The molecule has 1 amide bonds. The molecule has 0 spiro atoms. The molecule has 3 N–H and O–H groups in total. The number of benzene rings is 1. The van der Waals surface area contributed by atoms with Gasteiger partial charge < -0.3 is 16.0 Å². The molecule has 1 aromatic carbocycles. The third kappa shape index (κ3) is 2.96. The zero-order valence-electron chi connectivity index (χ0n) is 11.9. The van der Waals surface area contributed by atoms with Gasteiger partial charge in [0.05, 0.1) is 6.42 Å². The quantitative estimate of drug-likeness (QED) is 0.839. The summed E-state index contributed by atoms with van der Waals surface area (Å²) in [5, 5.41) is 3.48. The first-order valence-corrected chi connectivity index (χ1v) is 6.84. The fourth-order valence-electron chi connectivity index (χ4n) is 2.47. The van der Waals surface area contributed by atoms with Crippen molar-refractivity contribution in [2.45, 2.75) is 32.9 Å². The van der Waals surface area contributed by atoms with Crippen molar-refractivity contribution in [3.05, 3.63) is 29.3 Å². The van der Waals surface area contributed by atoms with Gasteiger partial charge in [-0.3, -0.25) is 4.79 Å². The molecule has 0 aliphatic carbocycles. The summed E-state index contributed by atoms with van der Waals surface area (Å²) >= 11 is 0. The van der Waals surface area contributed by atoms with Gasteiger partial charge in [-0.05, 0) is 23.1 Å². The molecule has 104 valence electrons. The first kappa shape index (κ1) is 14.0. The third-order valence-corrected chi connectivity index (χ3v) is 3.85. The highest BCUT2D eigenvalue weighted by Crippen LogP contribution is 2.28. The zero-order chi connectivity index (χ0) is 14.0. The van der Waals surface area contributed by atoms with Gasteiger partial charge in [0.2, 0.25) is 5.91 Å². The summed E-state index contributed by atoms with van der Waals surface area (Å²) in [5.74, 6) is 0.689. The molecule has 4 nitrogen and oxygen atoms in total. The van der Waals surface area contributed by atoms with Gasteiger partial charge in [0.15, 0.2) is 0 Å². The summed E-state index contributed by atoms with van der Waals surface area (Å²) in [6, 6.07) is 6.56. The molecule has 0 bridgehead atoms. The van der Waals surface area contributed by atoms with E-state index in [9.17, 15) is 4.79 Å². The first-order valence-electron chi connectivity index (χ1n) is 6.84. The fraction of sp³-hybridized carbons (Fsp3) is 0.533. The lowest BCUT2D eigenvalue weighted by molar-refractivity contribution is -0.117. The van der Waals surface area contributed by atoms with Gasteiger partial charge in [0, 0.05) is 31.9 Å². The van der Waals surface area contributed by atoms with Crippen LogP contribution in [0.5, 0.6) is 0 Å². The number of anilines is 1. The van der Waals surface area contributed by atoms with Crippen LogP contribution in [0.2, 0.25) is 0 Å². The average Bonchev–Trinajstić information content (AvgIpc) is 2.65. The van der Waals surface area contributed by atoms with E-state index in [4.69, 9.17) is 5.73 Å². The van der Waals surface area contributed by atoms with Crippen molar-refractivity contribution in [1.29, 1.82) is 0 Å². The molecule has 1 aliphatic rings. The summed E-state index contributed by atoms with van der Waals surface area (Å²) in [6.45, 7) is 5.77. The van der Waals surface area contributed by atoms with E-state index in [1.165, 1.54) is 5.56 Å². The van der Waals surface area contributed by atoms with Crippen molar-refractivity contribution in [2.75, 3.05) is 18.5 Å². The van der Waals surface area contributed by atoms with E-state index in [2.05, 4.69) is 31.3 Å². The van der Waals surface area contributed by atoms with Crippen molar-refractivity contribution in [1.82, 2.24) is 5.32 Å². The topological polar surface area (TPSA) is 58.4 Å². The largest absolute Gasteiger partial charge is 0.329 e. The Kier molecular flexibility index (Phi) is 4.22. The Balaban J connectivity index is 2.04. The van der Waals surface area contributed by atoms with E-state index in [-0.39, 0.29) is 5.91 Å². The number of amides is 1. The molecule has 1 atom stereocenters. The van der Waals surface area contributed by atoms with Crippen LogP contribution in [0, 0.1) is 5.92 Å². The number of hydrogen-bond acceptors (Lipinski definition) is 3. The van der Waals surface area contributed by atoms with Crippen LogP contribution in [0.1, 0.15) is 25.0 Å². The number of nitrogens with zero attached hydrogens (tertiary/aromatic N) is 1. The van der Waals surface area contributed by atoms with Crippen LogP contribution in [0.15, 0.2) is 18.2 Å². The van der Waals surface area contributed by atoms with Crippen LogP contribution in [0.3, 0.4) is 0 Å². The summed E-state index contributed by atoms with van der Waals surface area (Å²) in [6.07, 6.45) is 0.518. The number of nitrogens with two attached hydrogens (primary N) is 1. The standard InChI is InChI=1S/C15H23N3O/c1-10(2)13(8-16)17-9-11-4-5-14-12(6-11)7-15(19)18(14)3/h4-6,10,13,17H,7-9,16H2,1-3H3. The molecule has 1 heterocycles. The highest BCUT2D eigenvalue weighted by molar-refractivity contribution is 6.00. The van der Waals surface area contributed by atoms with Gasteiger partial charge in [-0.25, -0.2) is 0 Å². The van der Waals surface area contributed by atoms with Gasteiger partial charge >= 0.3 is 0 Å². The second-order valence-electron chi connectivity index (χ2n) is 5.56. The van der Waals surface area contributed by atoms with Gasteiger partial charge in [0.25, 0.3) is 0 Å². The molecule has 1 unspecified atom stereocenters. The molecule has 0 saturated heterocycles. The van der Waals surface area contributed by atoms with Crippen LogP contribution < -0.4 is 16.0 Å². The number of rotatable bonds is 5. The maximum atomic E-state index is 11.6. The van der Waals surface area contributed by atoms with E-state index < -0.39 is 0 Å². The highest BCUT2D eigenvalue weighted by atomic mass is 16.2. The minimum atomic E-state index is 0.169. The first-order chi connectivity index (χ1) is 9.02. The average molecular weight is 261 g/mol. The second-order valence-corrected chi connectivity index (χ2v) is 5.56. The normalized spacial score (nSPS) is 16.1. The van der Waals surface area contributed by atoms with E-state index in [1.54, 1.807) is 4.90 Å². The number of nitrogens with one attached hydrogen (secondary N) is 1. The van der Waals surface area contributed by atoms with E-state index >= 15 is 0 Å². The lowest BCUT2D eigenvalue weighted by Crippen LogP contribution is -2.39. The Hall–Kier alpha value is -1.39. The predicted molar refractivity (Wildman–Crippen MR) is 78.1 cm³/mol. The van der Waals surface area contributed by atoms with Crippen LogP contribution in [-0.4, -0.2) is 25.5 Å². The van der Waals surface area contributed by atoms with Crippen molar-refractivity contribution in [3.63, 3.8) is 0 Å². The smallest absolute Gasteiger partial charge is 0.231 e. The van der Waals surface area contributed by atoms with Crippen molar-refractivity contribution in [3.8, 4) is 0 Å². The lowest BCUT2D eigenvalue weighted by atomic mass is 10.0. The molecule has 4 heteroatoms. The molecule has 0 saturated carbocycles. The van der Waals surface area contributed by atoms with E-state index in [0.717, 1.165) is 17.8 Å². The van der Waals surface area contributed by atoms with Crippen LogP contribution in [0.4, 0.5) is 5.69 Å². The SMILES string of the molecule is CC(C)C(CN)NCc1ccc2c(c1)CC(=O)N2C. The zero-order valence-corrected chi connectivity index (χ0v) is 11.9. The number of likely N-dealkylation sites (N-methyl/N-ethyl adjacent to an activating group) is 1. The summed E-state index contributed by atoms with van der Waals surface area (Å²) in [4.78, 5) is 13.4. The number of hydrogen-bond donors (Lipinski definition) is 2. The minimum Gasteiger partial charge on any atom is -0.329 e. The molecule has 0 fully saturated rings. The monoisotopic (exact) mass is 261 g/mol. The Bertz CT molecular complexity index is 470. The van der Waals surface area contributed by atoms with Gasteiger partial charge in [0.1, 0.15) is 0 Å². The predicted octanol–water partition coefficient (Wildman–Crippen LogP) is 1.28. The highest BCUT2D eigenvalue weighted by Gasteiger charge is 2.23. The van der Waals surface area contributed by atoms with Gasteiger partial charge in [-0.1, -0.05) is 26.0 Å². The molecular formula is C15H23N3O. The van der Waals surface area contributed by atoms with Crippen molar-refractivity contribution in [2.24, 2.45) is 11.7 Å². The second kappa shape index (κ2) is 5.72. The van der Waals surface area contributed by atoms with Crippen LogP contribution in [-0.2, 0) is 17.8 Å². The van der Waals surface area contributed by atoms with Crippen LogP contribution in [0.25, 0.3) is 0 Å². The third-order valence-electron chi connectivity index (χ3n) is 3.85. The minimum absolute atomic E-state index is 0.169. The molecule has 19 heavy (non-hydrogen) atoms. The molecule has 2 rings (SSSR count). The summed E-state index contributed by atoms with van der Waals surface area (Å²) in [5.41, 5.74) is 9.12. The molecule has 0 aromatic heterocycles. The van der Waals surface area contributed by atoms with Crippen molar-refractivity contribution >= 4 is 11.6 Å². The Morgan fingerprint density at radius 2 is 2.16 bits per heavy atom. The summed E-state index contributed by atoms with van der Waals surface area (Å²) < 4.78 is 0. The molecular weight excluding hydrogens is 238 g/mol. The Morgan fingerprint density at radius 1 is 1.42 bits per heavy atom. The van der Waals surface area contributed by atoms with E-state index in [0.29, 0.717) is 24.9 Å². The maximum absolute atomic E-state index is 11.6. The lowest BCUT2D eigenvalue weighted by Gasteiger charge is -2.20. The summed E-state index contributed by atoms with van der Waals surface area (Å²) in [7, 11) is 1.83. The van der Waals surface area contributed by atoms with Crippen LogP contribution >= 0.6 is 0 Å². The Morgan fingerprint density at radius 3 is 2.79 bits per heavy atom. The molecule has 1 aliphatic heterocycles. The number of fused-ring (bicyclic) bond motifs is 1. The number of carbonyl (C=O) groups excluding carboxylic acids is 1. The van der Waals surface area contributed by atoms with Gasteiger partial charge in [-0.2, -0.15) is 0 Å². The maximum Gasteiger partial charge on any atom is 0.231 e. The molecule has 0 radical (unpaired) electrons. The van der Waals surface area contributed by atoms with E-state index in [1.807, 2.05) is 13.1 Å². The fourth-order valence-corrected chi connectivity index (χ4v) is 2.47. The Labute approximate surface area is 115 Å². The molecule has 1 aromatic rings. The van der Waals surface area contributed by atoms with Gasteiger partial charge in [-0.15, -0.1) is 0 Å².